The summed E-state index contributed by atoms with van der Waals surface area (Å²) in [6.45, 7) is 4.20. The molecule has 0 radical (unpaired) electrons. The Morgan fingerprint density at radius 2 is 1.84 bits per heavy atom. The molecular formula is C14H16BrNO3. The van der Waals surface area contributed by atoms with Crippen molar-refractivity contribution in [2.45, 2.75) is 13.8 Å². The minimum absolute atomic E-state index is 0.102. The third-order valence-electron chi connectivity index (χ3n) is 3.44. The van der Waals surface area contributed by atoms with Gasteiger partial charge in [0.2, 0.25) is 11.8 Å². The number of hydrogen-bond donors (Lipinski definition) is 0. The summed E-state index contributed by atoms with van der Waals surface area (Å²) in [7, 11) is 0. The number of rotatable bonds is 4. The number of hydrogen-bond acceptors (Lipinski definition) is 3. The highest BCUT2D eigenvalue weighted by molar-refractivity contribution is 9.10. The first-order valence-electron chi connectivity index (χ1n) is 6.24. The lowest BCUT2D eigenvalue weighted by Crippen LogP contribution is -2.34. The van der Waals surface area contributed by atoms with Crippen LogP contribution >= 0.6 is 15.9 Å². The summed E-state index contributed by atoms with van der Waals surface area (Å²) in [6.07, 6.45) is 0. The van der Waals surface area contributed by atoms with Gasteiger partial charge in [-0.25, -0.2) is 0 Å². The number of ether oxygens (including phenoxy) is 1. The highest BCUT2D eigenvalue weighted by Crippen LogP contribution is 2.25. The molecule has 1 saturated heterocycles. The largest absolute Gasteiger partial charge is 0.492 e. The van der Waals surface area contributed by atoms with E-state index in [4.69, 9.17) is 4.74 Å². The van der Waals surface area contributed by atoms with Crippen molar-refractivity contribution in [2.24, 2.45) is 11.8 Å². The predicted molar refractivity (Wildman–Crippen MR) is 74.7 cm³/mol. The van der Waals surface area contributed by atoms with Gasteiger partial charge < -0.3 is 4.74 Å². The number of carbonyl (C=O) groups excluding carboxylic acids is 2. The van der Waals surface area contributed by atoms with Crippen molar-refractivity contribution in [1.29, 1.82) is 0 Å². The molecule has 1 aliphatic rings. The quantitative estimate of drug-likeness (QED) is 0.799. The van der Waals surface area contributed by atoms with Gasteiger partial charge in [0.1, 0.15) is 12.4 Å². The number of halogens is 1. The average Bonchev–Trinajstić information content (AvgIpc) is 2.56. The van der Waals surface area contributed by atoms with Crippen molar-refractivity contribution >= 4 is 27.7 Å². The Morgan fingerprint density at radius 3 is 2.42 bits per heavy atom. The number of benzene rings is 1. The molecule has 2 atom stereocenters. The fourth-order valence-electron chi connectivity index (χ4n) is 2.06. The summed E-state index contributed by atoms with van der Waals surface area (Å²) in [4.78, 5) is 25.0. The second-order valence-electron chi connectivity index (χ2n) is 4.71. The molecule has 0 bridgehead atoms. The van der Waals surface area contributed by atoms with Gasteiger partial charge in [0.25, 0.3) is 0 Å². The summed E-state index contributed by atoms with van der Waals surface area (Å²) < 4.78 is 6.47. The predicted octanol–water partition coefficient (Wildman–Crippen LogP) is 2.47. The second-order valence-corrected chi connectivity index (χ2v) is 5.63. The van der Waals surface area contributed by atoms with Gasteiger partial charge >= 0.3 is 0 Å². The molecule has 2 rings (SSSR count). The lowest BCUT2D eigenvalue weighted by atomic mass is 10.00. The van der Waals surface area contributed by atoms with Crippen LogP contribution in [0.3, 0.4) is 0 Å². The number of nitrogens with zero attached hydrogens (tertiary/aromatic N) is 1. The van der Waals surface area contributed by atoms with Crippen LogP contribution in [-0.4, -0.2) is 29.9 Å². The highest BCUT2D eigenvalue weighted by atomic mass is 79.9. The minimum Gasteiger partial charge on any atom is -0.492 e. The smallest absolute Gasteiger partial charge is 0.232 e. The van der Waals surface area contributed by atoms with E-state index in [1.807, 2.05) is 24.3 Å². The van der Waals surface area contributed by atoms with Crippen molar-refractivity contribution in [3.63, 3.8) is 0 Å². The molecule has 1 aliphatic heterocycles. The van der Waals surface area contributed by atoms with E-state index in [-0.39, 0.29) is 23.7 Å². The summed E-state index contributed by atoms with van der Waals surface area (Å²) in [6, 6.07) is 7.46. The molecule has 1 aromatic carbocycles. The zero-order valence-electron chi connectivity index (χ0n) is 10.9. The fraction of sp³-hybridized carbons (Fsp3) is 0.429. The van der Waals surface area contributed by atoms with E-state index in [0.717, 1.165) is 10.2 Å². The third kappa shape index (κ3) is 2.97. The van der Waals surface area contributed by atoms with Gasteiger partial charge in [0, 0.05) is 16.3 Å². The molecule has 2 unspecified atom stereocenters. The number of imide groups is 1. The molecule has 1 fully saturated rings. The summed E-state index contributed by atoms with van der Waals surface area (Å²) in [5, 5.41) is 0. The maximum atomic E-state index is 11.9. The van der Waals surface area contributed by atoms with Gasteiger partial charge in [0.15, 0.2) is 0 Å². The van der Waals surface area contributed by atoms with Gasteiger partial charge in [0.05, 0.1) is 6.54 Å². The molecule has 4 nitrogen and oxygen atoms in total. The maximum absolute atomic E-state index is 11.9. The number of carbonyl (C=O) groups is 2. The third-order valence-corrected chi connectivity index (χ3v) is 3.93. The van der Waals surface area contributed by atoms with Crippen LogP contribution in [0.1, 0.15) is 13.8 Å². The fourth-order valence-corrected chi connectivity index (χ4v) is 2.44. The van der Waals surface area contributed by atoms with E-state index in [1.165, 1.54) is 4.90 Å². The lowest BCUT2D eigenvalue weighted by molar-refractivity contribution is -0.140. The van der Waals surface area contributed by atoms with Crippen molar-refractivity contribution in [3.8, 4) is 5.75 Å². The van der Waals surface area contributed by atoms with Gasteiger partial charge in [-0.3, -0.25) is 14.5 Å². The lowest BCUT2D eigenvalue weighted by Gasteiger charge is -2.15. The molecule has 5 heteroatoms. The van der Waals surface area contributed by atoms with Crippen LogP contribution in [0.25, 0.3) is 0 Å². The molecule has 0 saturated carbocycles. The Bertz CT molecular complexity index is 483. The molecule has 19 heavy (non-hydrogen) atoms. The molecule has 0 aliphatic carbocycles. The first kappa shape index (κ1) is 14.1. The van der Waals surface area contributed by atoms with Gasteiger partial charge in [-0.15, -0.1) is 0 Å². The molecule has 0 N–H and O–H groups in total. The van der Waals surface area contributed by atoms with Crippen LogP contribution in [-0.2, 0) is 9.59 Å². The number of likely N-dealkylation sites (tertiary alicyclic amines) is 1. The Kier molecular flexibility index (Phi) is 4.24. The Labute approximate surface area is 120 Å². The second kappa shape index (κ2) is 5.74. The van der Waals surface area contributed by atoms with Crippen LogP contribution < -0.4 is 4.74 Å². The molecule has 1 heterocycles. The Hall–Kier alpha value is -1.36. The van der Waals surface area contributed by atoms with Crippen LogP contribution in [0.5, 0.6) is 5.75 Å². The molecular weight excluding hydrogens is 310 g/mol. The average molecular weight is 326 g/mol. The summed E-state index contributed by atoms with van der Waals surface area (Å²) in [5.41, 5.74) is 0. The van der Waals surface area contributed by atoms with Gasteiger partial charge in [-0.1, -0.05) is 35.8 Å². The zero-order valence-corrected chi connectivity index (χ0v) is 12.5. The van der Waals surface area contributed by atoms with Gasteiger partial charge in [-0.05, 0) is 18.2 Å². The molecule has 102 valence electrons. The highest BCUT2D eigenvalue weighted by Gasteiger charge is 2.41. The molecule has 2 amide bonds. The van der Waals surface area contributed by atoms with E-state index >= 15 is 0 Å². The normalized spacial score (nSPS) is 23.0. The maximum Gasteiger partial charge on any atom is 0.232 e. The van der Waals surface area contributed by atoms with Crippen LogP contribution in [0, 0.1) is 11.8 Å². The molecule has 1 aromatic rings. The van der Waals surface area contributed by atoms with Crippen LogP contribution in [0.2, 0.25) is 0 Å². The minimum atomic E-state index is -0.224. The van der Waals surface area contributed by atoms with Crippen molar-refractivity contribution in [1.82, 2.24) is 4.90 Å². The van der Waals surface area contributed by atoms with Crippen LogP contribution in [0.15, 0.2) is 28.7 Å². The van der Waals surface area contributed by atoms with Crippen molar-refractivity contribution in [2.75, 3.05) is 13.2 Å². The van der Waals surface area contributed by atoms with Gasteiger partial charge in [-0.2, -0.15) is 0 Å². The Morgan fingerprint density at radius 1 is 1.21 bits per heavy atom. The van der Waals surface area contributed by atoms with Crippen molar-refractivity contribution < 1.29 is 14.3 Å². The summed E-state index contributed by atoms with van der Waals surface area (Å²) >= 11 is 3.36. The van der Waals surface area contributed by atoms with E-state index in [1.54, 1.807) is 13.8 Å². The van der Waals surface area contributed by atoms with E-state index in [2.05, 4.69) is 15.9 Å². The zero-order chi connectivity index (χ0) is 14.0. The topological polar surface area (TPSA) is 46.6 Å². The molecule has 0 aromatic heterocycles. The van der Waals surface area contributed by atoms with E-state index in [0.29, 0.717) is 13.2 Å². The van der Waals surface area contributed by atoms with Crippen LogP contribution in [0.4, 0.5) is 0 Å². The van der Waals surface area contributed by atoms with E-state index in [9.17, 15) is 9.59 Å². The SMILES string of the molecule is CC1C(=O)N(CCOc2cccc(Br)c2)C(=O)C1C. The standard InChI is InChI=1S/C14H16BrNO3/c1-9-10(2)14(18)16(13(9)17)6-7-19-12-5-3-4-11(15)8-12/h3-5,8-10H,6-7H2,1-2H3. The van der Waals surface area contributed by atoms with Crippen molar-refractivity contribution in [3.05, 3.63) is 28.7 Å². The molecule has 0 spiro atoms. The monoisotopic (exact) mass is 325 g/mol. The summed E-state index contributed by atoms with van der Waals surface area (Å²) in [5.74, 6) is 0.0667. The van der Waals surface area contributed by atoms with E-state index < -0.39 is 0 Å². The first-order valence-corrected chi connectivity index (χ1v) is 7.03. The first-order chi connectivity index (χ1) is 9.00. The Balaban J connectivity index is 1.90. The number of amides is 2.